The van der Waals surface area contributed by atoms with Gasteiger partial charge in [-0.2, -0.15) is 5.10 Å². The quantitative estimate of drug-likeness (QED) is 0.701. The molecule has 18 heavy (non-hydrogen) atoms. The predicted molar refractivity (Wildman–Crippen MR) is 72.1 cm³/mol. The van der Waals surface area contributed by atoms with E-state index in [1.807, 2.05) is 25.5 Å². The molecule has 0 aliphatic carbocycles. The summed E-state index contributed by atoms with van der Waals surface area (Å²) in [5.74, 6) is 0.194. The molecule has 1 aromatic rings. The largest absolute Gasteiger partial charge is 0.380 e. The van der Waals surface area contributed by atoms with Gasteiger partial charge in [-0.25, -0.2) is 0 Å². The van der Waals surface area contributed by atoms with Crippen molar-refractivity contribution in [3.8, 4) is 0 Å². The normalized spacial score (nSPS) is 12.7. The lowest BCUT2D eigenvalue weighted by Crippen LogP contribution is -2.18. The van der Waals surface area contributed by atoms with Crippen molar-refractivity contribution >= 4 is 5.78 Å². The Hall–Kier alpha value is -1.16. The molecule has 0 bridgehead atoms. The van der Waals surface area contributed by atoms with Crippen LogP contribution in [0.1, 0.15) is 55.9 Å². The van der Waals surface area contributed by atoms with Crippen molar-refractivity contribution in [1.82, 2.24) is 9.78 Å². The lowest BCUT2D eigenvalue weighted by atomic mass is 10.0. The third kappa shape index (κ3) is 2.99. The zero-order valence-electron chi connectivity index (χ0n) is 12.1. The molecule has 0 aliphatic heterocycles. The van der Waals surface area contributed by atoms with Crippen LogP contribution in [0.25, 0.3) is 0 Å². The Morgan fingerprint density at radius 2 is 2.00 bits per heavy atom. The van der Waals surface area contributed by atoms with Gasteiger partial charge in [0, 0.05) is 19.2 Å². The van der Waals surface area contributed by atoms with Crippen LogP contribution in [-0.2, 0) is 24.1 Å². The topological polar surface area (TPSA) is 44.1 Å². The van der Waals surface area contributed by atoms with Crippen molar-refractivity contribution in [3.05, 3.63) is 17.0 Å². The van der Waals surface area contributed by atoms with Gasteiger partial charge in [0.25, 0.3) is 0 Å². The van der Waals surface area contributed by atoms with Crippen LogP contribution in [0.4, 0.5) is 0 Å². The predicted octanol–water partition coefficient (Wildman–Crippen LogP) is 2.64. The fourth-order valence-electron chi connectivity index (χ4n) is 2.13. The van der Waals surface area contributed by atoms with Crippen LogP contribution in [0.15, 0.2) is 0 Å². The summed E-state index contributed by atoms with van der Waals surface area (Å²) in [5.41, 5.74) is 2.80. The Labute approximate surface area is 109 Å². The SMILES string of the molecule is CCC(=O)c1c(CC)nn(CC(C)OC)c1CC. The molecule has 0 saturated heterocycles. The van der Waals surface area contributed by atoms with E-state index < -0.39 is 0 Å². The van der Waals surface area contributed by atoms with Crippen molar-refractivity contribution in [2.75, 3.05) is 7.11 Å². The van der Waals surface area contributed by atoms with Crippen molar-refractivity contribution in [3.63, 3.8) is 0 Å². The summed E-state index contributed by atoms with van der Waals surface area (Å²) in [7, 11) is 1.69. The molecule has 1 atom stereocenters. The summed E-state index contributed by atoms with van der Waals surface area (Å²) in [5, 5.41) is 4.57. The molecule has 102 valence electrons. The smallest absolute Gasteiger partial charge is 0.166 e. The Kier molecular flexibility index (Phi) is 5.54. The first-order valence-corrected chi connectivity index (χ1v) is 6.73. The first-order chi connectivity index (χ1) is 8.58. The molecule has 0 aliphatic rings. The highest BCUT2D eigenvalue weighted by atomic mass is 16.5. The number of ether oxygens (including phenoxy) is 1. The minimum Gasteiger partial charge on any atom is -0.380 e. The molecule has 0 radical (unpaired) electrons. The molecule has 1 unspecified atom stereocenters. The highest BCUT2D eigenvalue weighted by Gasteiger charge is 2.21. The van der Waals surface area contributed by atoms with Gasteiger partial charge in [-0.05, 0) is 19.8 Å². The maximum atomic E-state index is 12.1. The van der Waals surface area contributed by atoms with E-state index in [0.717, 1.165) is 29.8 Å². The molecule has 0 fully saturated rings. The lowest BCUT2D eigenvalue weighted by molar-refractivity contribution is 0.0971. The molecule has 0 N–H and O–H groups in total. The van der Waals surface area contributed by atoms with Gasteiger partial charge < -0.3 is 4.74 Å². The van der Waals surface area contributed by atoms with Crippen LogP contribution < -0.4 is 0 Å². The summed E-state index contributed by atoms with van der Waals surface area (Å²) < 4.78 is 7.22. The van der Waals surface area contributed by atoms with Gasteiger partial charge in [-0.15, -0.1) is 0 Å². The molecule has 1 heterocycles. The van der Waals surface area contributed by atoms with Gasteiger partial charge >= 0.3 is 0 Å². The second-order valence-corrected chi connectivity index (χ2v) is 4.48. The van der Waals surface area contributed by atoms with E-state index in [0.29, 0.717) is 13.0 Å². The van der Waals surface area contributed by atoms with E-state index >= 15 is 0 Å². The number of carbonyl (C=O) groups is 1. The van der Waals surface area contributed by atoms with Crippen LogP contribution in [0, 0.1) is 0 Å². The number of aromatic nitrogens is 2. The highest BCUT2D eigenvalue weighted by molar-refractivity contribution is 5.98. The Morgan fingerprint density at radius 1 is 1.33 bits per heavy atom. The molecule has 1 aromatic heterocycles. The van der Waals surface area contributed by atoms with Crippen molar-refractivity contribution in [2.24, 2.45) is 0 Å². The Bertz CT molecular complexity index is 410. The fraction of sp³-hybridized carbons (Fsp3) is 0.714. The third-order valence-electron chi connectivity index (χ3n) is 3.23. The third-order valence-corrected chi connectivity index (χ3v) is 3.23. The number of ketones is 1. The second-order valence-electron chi connectivity index (χ2n) is 4.48. The van der Waals surface area contributed by atoms with E-state index in [2.05, 4.69) is 12.0 Å². The average molecular weight is 252 g/mol. The highest BCUT2D eigenvalue weighted by Crippen LogP contribution is 2.19. The summed E-state index contributed by atoms with van der Waals surface area (Å²) in [6.45, 7) is 8.71. The summed E-state index contributed by atoms with van der Waals surface area (Å²) >= 11 is 0. The van der Waals surface area contributed by atoms with E-state index in [9.17, 15) is 4.79 Å². The number of hydrogen-bond donors (Lipinski definition) is 0. The molecule has 0 aromatic carbocycles. The first kappa shape index (κ1) is 14.9. The maximum absolute atomic E-state index is 12.1. The summed E-state index contributed by atoms with van der Waals surface area (Å²) in [4.78, 5) is 12.1. The molecular weight excluding hydrogens is 228 g/mol. The lowest BCUT2D eigenvalue weighted by Gasteiger charge is -2.12. The number of methoxy groups -OCH3 is 1. The van der Waals surface area contributed by atoms with Crippen LogP contribution in [0.2, 0.25) is 0 Å². The molecule has 0 saturated carbocycles. The van der Waals surface area contributed by atoms with E-state index in [4.69, 9.17) is 4.74 Å². The van der Waals surface area contributed by atoms with Gasteiger partial charge in [0.05, 0.1) is 23.9 Å². The van der Waals surface area contributed by atoms with Crippen LogP contribution in [0.3, 0.4) is 0 Å². The van der Waals surface area contributed by atoms with Gasteiger partial charge in [-0.1, -0.05) is 20.8 Å². The van der Waals surface area contributed by atoms with Crippen LogP contribution in [0.5, 0.6) is 0 Å². The Morgan fingerprint density at radius 3 is 2.44 bits per heavy atom. The molecular formula is C14H24N2O2. The monoisotopic (exact) mass is 252 g/mol. The summed E-state index contributed by atoms with van der Waals surface area (Å²) in [6.07, 6.45) is 2.25. The van der Waals surface area contributed by atoms with E-state index in [-0.39, 0.29) is 11.9 Å². The number of carbonyl (C=O) groups excluding carboxylic acids is 1. The van der Waals surface area contributed by atoms with Gasteiger partial charge in [0.1, 0.15) is 0 Å². The number of Topliss-reactive ketones (excluding diaryl/α,β-unsaturated/α-hetero) is 1. The van der Waals surface area contributed by atoms with Crippen molar-refractivity contribution < 1.29 is 9.53 Å². The second kappa shape index (κ2) is 6.69. The fourth-order valence-corrected chi connectivity index (χ4v) is 2.13. The average Bonchev–Trinajstić information content (AvgIpc) is 2.74. The van der Waals surface area contributed by atoms with Crippen molar-refractivity contribution in [2.45, 2.75) is 59.6 Å². The Balaban J connectivity index is 3.19. The standard InChI is InChI=1S/C14H24N2O2/c1-6-11-14(13(17)8-3)12(7-2)16(15-11)9-10(4)18-5/h10H,6-9H2,1-5H3. The van der Waals surface area contributed by atoms with Crippen LogP contribution >= 0.6 is 0 Å². The number of hydrogen-bond acceptors (Lipinski definition) is 3. The zero-order chi connectivity index (χ0) is 13.7. The molecule has 0 amide bonds. The van der Waals surface area contributed by atoms with Crippen LogP contribution in [-0.4, -0.2) is 28.8 Å². The zero-order valence-corrected chi connectivity index (χ0v) is 12.1. The maximum Gasteiger partial charge on any atom is 0.166 e. The minimum absolute atomic E-state index is 0.101. The van der Waals surface area contributed by atoms with Gasteiger partial charge in [-0.3, -0.25) is 9.48 Å². The number of nitrogens with zero attached hydrogens (tertiary/aromatic N) is 2. The minimum atomic E-state index is 0.101. The summed E-state index contributed by atoms with van der Waals surface area (Å²) in [6, 6.07) is 0. The number of rotatable bonds is 7. The molecule has 4 nitrogen and oxygen atoms in total. The first-order valence-electron chi connectivity index (χ1n) is 6.73. The van der Waals surface area contributed by atoms with Gasteiger partial charge in [0.2, 0.25) is 0 Å². The van der Waals surface area contributed by atoms with E-state index in [1.165, 1.54) is 0 Å². The molecule has 0 spiro atoms. The van der Waals surface area contributed by atoms with E-state index in [1.54, 1.807) is 7.11 Å². The number of aryl methyl sites for hydroxylation is 1. The molecule has 4 heteroatoms. The van der Waals surface area contributed by atoms with Gasteiger partial charge in [0.15, 0.2) is 5.78 Å². The van der Waals surface area contributed by atoms with Crippen molar-refractivity contribution in [1.29, 1.82) is 0 Å². The molecule has 1 rings (SSSR count).